The van der Waals surface area contributed by atoms with Crippen molar-refractivity contribution in [3.63, 3.8) is 0 Å². The Balaban J connectivity index is 1.62. The summed E-state index contributed by atoms with van der Waals surface area (Å²) in [5, 5.41) is 14.8. The Hall–Kier alpha value is -1.65. The molecule has 3 heterocycles. The first-order valence-electron chi connectivity index (χ1n) is 7.62. The Kier molecular flexibility index (Phi) is 2.91. The van der Waals surface area contributed by atoms with E-state index in [1.54, 1.807) is 6.20 Å². The SMILES string of the molecule is CN1C2CCC1CC(O)(c1ccc(-c3ccno3)cc1)C2. The van der Waals surface area contributed by atoms with E-state index in [1.807, 2.05) is 30.3 Å². The molecule has 1 N–H and O–H groups in total. The molecule has 110 valence electrons. The van der Waals surface area contributed by atoms with Crippen molar-refractivity contribution in [1.29, 1.82) is 0 Å². The average Bonchev–Trinajstić information content (AvgIpc) is 3.09. The summed E-state index contributed by atoms with van der Waals surface area (Å²) >= 11 is 0. The first-order chi connectivity index (χ1) is 10.2. The third-order valence-corrected chi connectivity index (χ3v) is 5.28. The highest BCUT2D eigenvalue weighted by atomic mass is 16.5. The number of rotatable bonds is 2. The maximum absolute atomic E-state index is 11.1. The fourth-order valence-electron chi connectivity index (χ4n) is 3.99. The Morgan fingerprint density at radius 3 is 2.38 bits per heavy atom. The van der Waals surface area contributed by atoms with Crippen LogP contribution in [0.3, 0.4) is 0 Å². The van der Waals surface area contributed by atoms with E-state index in [9.17, 15) is 5.11 Å². The molecule has 0 spiro atoms. The van der Waals surface area contributed by atoms with Gasteiger partial charge in [-0.3, -0.25) is 0 Å². The molecule has 0 radical (unpaired) electrons. The molecule has 0 aliphatic carbocycles. The predicted molar refractivity (Wildman–Crippen MR) is 79.6 cm³/mol. The van der Waals surface area contributed by atoms with Crippen LogP contribution in [0.1, 0.15) is 31.2 Å². The first-order valence-corrected chi connectivity index (χ1v) is 7.62. The van der Waals surface area contributed by atoms with E-state index in [1.165, 1.54) is 12.8 Å². The van der Waals surface area contributed by atoms with Gasteiger partial charge in [0.25, 0.3) is 0 Å². The van der Waals surface area contributed by atoms with Crippen molar-refractivity contribution >= 4 is 0 Å². The number of nitrogens with zero attached hydrogens (tertiary/aromatic N) is 2. The topological polar surface area (TPSA) is 49.5 Å². The highest BCUT2D eigenvalue weighted by Crippen LogP contribution is 2.45. The Labute approximate surface area is 124 Å². The molecule has 2 unspecified atom stereocenters. The van der Waals surface area contributed by atoms with Crippen molar-refractivity contribution in [2.45, 2.75) is 43.4 Å². The number of fused-ring (bicyclic) bond motifs is 2. The lowest BCUT2D eigenvalue weighted by atomic mass is 9.80. The second kappa shape index (κ2) is 4.68. The van der Waals surface area contributed by atoms with Crippen molar-refractivity contribution in [2.24, 2.45) is 0 Å². The maximum Gasteiger partial charge on any atom is 0.166 e. The van der Waals surface area contributed by atoms with Gasteiger partial charge in [-0.2, -0.15) is 0 Å². The normalized spacial score (nSPS) is 32.5. The number of piperidine rings is 1. The van der Waals surface area contributed by atoms with Crippen LogP contribution in [-0.2, 0) is 5.60 Å². The van der Waals surface area contributed by atoms with E-state index < -0.39 is 5.60 Å². The van der Waals surface area contributed by atoms with E-state index in [2.05, 4.69) is 17.1 Å². The summed E-state index contributed by atoms with van der Waals surface area (Å²) in [7, 11) is 2.19. The van der Waals surface area contributed by atoms with Gasteiger partial charge in [-0.15, -0.1) is 0 Å². The Morgan fingerprint density at radius 1 is 1.14 bits per heavy atom. The smallest absolute Gasteiger partial charge is 0.166 e. The van der Waals surface area contributed by atoms with Gasteiger partial charge < -0.3 is 14.5 Å². The van der Waals surface area contributed by atoms with Crippen LogP contribution in [0.4, 0.5) is 0 Å². The van der Waals surface area contributed by atoms with Gasteiger partial charge in [0.1, 0.15) is 0 Å². The number of hydrogen-bond acceptors (Lipinski definition) is 4. The third-order valence-electron chi connectivity index (χ3n) is 5.28. The van der Waals surface area contributed by atoms with Gasteiger partial charge in [0.2, 0.25) is 0 Å². The van der Waals surface area contributed by atoms with Crippen molar-refractivity contribution in [1.82, 2.24) is 10.1 Å². The monoisotopic (exact) mass is 284 g/mol. The summed E-state index contributed by atoms with van der Waals surface area (Å²) in [5.74, 6) is 0.761. The molecule has 0 saturated carbocycles. The summed E-state index contributed by atoms with van der Waals surface area (Å²) < 4.78 is 5.17. The second-order valence-corrected chi connectivity index (χ2v) is 6.44. The van der Waals surface area contributed by atoms with E-state index in [4.69, 9.17) is 4.52 Å². The molecule has 21 heavy (non-hydrogen) atoms. The minimum absolute atomic E-state index is 0.516. The largest absolute Gasteiger partial charge is 0.385 e. The van der Waals surface area contributed by atoms with Gasteiger partial charge in [0, 0.05) is 23.7 Å². The Bertz CT molecular complexity index is 607. The molecular formula is C17H20N2O2. The lowest BCUT2D eigenvalue weighted by Gasteiger charge is -2.42. The molecule has 1 aromatic carbocycles. The van der Waals surface area contributed by atoms with E-state index in [0.29, 0.717) is 12.1 Å². The highest BCUT2D eigenvalue weighted by Gasteiger charge is 2.46. The number of benzene rings is 1. The zero-order valence-corrected chi connectivity index (χ0v) is 12.2. The summed E-state index contributed by atoms with van der Waals surface area (Å²) in [6.45, 7) is 0. The molecule has 1 aromatic heterocycles. The molecule has 2 aliphatic heterocycles. The Morgan fingerprint density at radius 2 is 1.81 bits per heavy atom. The van der Waals surface area contributed by atoms with Gasteiger partial charge >= 0.3 is 0 Å². The van der Waals surface area contributed by atoms with Crippen molar-refractivity contribution in [3.05, 3.63) is 42.1 Å². The summed E-state index contributed by atoms with van der Waals surface area (Å²) in [4.78, 5) is 2.44. The van der Waals surface area contributed by atoms with Gasteiger partial charge in [-0.05, 0) is 38.3 Å². The molecule has 0 amide bonds. The molecule has 4 heteroatoms. The minimum Gasteiger partial charge on any atom is -0.385 e. The number of hydrogen-bond donors (Lipinski definition) is 1. The first kappa shape index (κ1) is 13.0. The van der Waals surface area contributed by atoms with Crippen LogP contribution in [-0.4, -0.2) is 34.3 Å². The zero-order valence-electron chi connectivity index (χ0n) is 12.2. The van der Waals surface area contributed by atoms with Crippen LogP contribution in [0.5, 0.6) is 0 Å². The van der Waals surface area contributed by atoms with E-state index >= 15 is 0 Å². The minimum atomic E-state index is -0.682. The molecular weight excluding hydrogens is 264 g/mol. The van der Waals surface area contributed by atoms with Crippen LogP contribution in [0, 0.1) is 0 Å². The van der Waals surface area contributed by atoms with Gasteiger partial charge in [0.05, 0.1) is 11.8 Å². The molecule has 4 nitrogen and oxygen atoms in total. The molecule has 2 saturated heterocycles. The molecule has 2 bridgehead atoms. The molecule has 2 fully saturated rings. The van der Waals surface area contributed by atoms with Crippen LogP contribution < -0.4 is 0 Å². The second-order valence-electron chi connectivity index (χ2n) is 6.44. The number of aromatic nitrogens is 1. The van der Waals surface area contributed by atoms with Crippen molar-refractivity contribution in [3.8, 4) is 11.3 Å². The van der Waals surface area contributed by atoms with Crippen LogP contribution >= 0.6 is 0 Å². The van der Waals surface area contributed by atoms with Crippen molar-refractivity contribution in [2.75, 3.05) is 7.05 Å². The summed E-state index contributed by atoms with van der Waals surface area (Å²) in [6, 6.07) is 11.0. The summed E-state index contributed by atoms with van der Waals surface area (Å²) in [6.07, 6.45) is 5.73. The zero-order chi connectivity index (χ0) is 14.4. The van der Waals surface area contributed by atoms with Crippen molar-refractivity contribution < 1.29 is 9.63 Å². The van der Waals surface area contributed by atoms with E-state index in [-0.39, 0.29) is 0 Å². The van der Waals surface area contributed by atoms with Gasteiger partial charge in [-0.25, -0.2) is 0 Å². The number of aliphatic hydroxyl groups is 1. The fourth-order valence-corrected chi connectivity index (χ4v) is 3.99. The molecule has 2 aromatic rings. The van der Waals surface area contributed by atoms with Crippen LogP contribution in [0.15, 0.2) is 41.1 Å². The highest BCUT2D eigenvalue weighted by molar-refractivity contribution is 5.57. The molecule has 2 atom stereocenters. The standard InChI is InChI=1S/C17H20N2O2/c1-19-14-6-7-15(19)11-17(20,10-14)13-4-2-12(3-5-13)16-8-9-18-21-16/h2-5,8-9,14-15,20H,6-7,10-11H2,1H3. The lowest BCUT2D eigenvalue weighted by Crippen LogP contribution is -2.47. The quantitative estimate of drug-likeness (QED) is 0.921. The molecule has 4 rings (SSSR count). The lowest BCUT2D eigenvalue weighted by molar-refractivity contribution is -0.0493. The van der Waals surface area contributed by atoms with Crippen LogP contribution in [0.25, 0.3) is 11.3 Å². The molecule has 2 aliphatic rings. The van der Waals surface area contributed by atoms with Gasteiger partial charge in [-0.1, -0.05) is 29.4 Å². The third kappa shape index (κ3) is 2.10. The predicted octanol–water partition coefficient (Wildman–Crippen LogP) is 2.79. The fraction of sp³-hybridized carbons (Fsp3) is 0.471. The van der Waals surface area contributed by atoms with E-state index in [0.717, 1.165) is 29.7 Å². The van der Waals surface area contributed by atoms with Gasteiger partial charge in [0.15, 0.2) is 5.76 Å². The average molecular weight is 284 g/mol. The summed E-state index contributed by atoms with van der Waals surface area (Å²) in [5.41, 5.74) is 1.34. The van der Waals surface area contributed by atoms with Crippen LogP contribution in [0.2, 0.25) is 0 Å². The maximum atomic E-state index is 11.1.